The Hall–Kier alpha value is -14.0. The van der Waals surface area contributed by atoms with Crippen LogP contribution in [0.5, 0.6) is 0 Å². The molecule has 0 atom stereocenters. The number of hydrogen-bond acceptors (Lipinski definition) is 2. The molecule has 119 heavy (non-hydrogen) atoms. The summed E-state index contributed by atoms with van der Waals surface area (Å²) in [5.41, 5.74) is 22.9. The van der Waals surface area contributed by atoms with Gasteiger partial charge >= 0.3 is 0 Å². The highest BCUT2D eigenvalue weighted by molar-refractivity contribution is 7.00. The quantitative estimate of drug-likeness (QED) is 0.113. The lowest BCUT2D eigenvalue weighted by Gasteiger charge is -2.47. The zero-order valence-corrected chi connectivity index (χ0v) is 67.8. The fourth-order valence-corrected chi connectivity index (χ4v) is 18.0. The van der Waals surface area contributed by atoms with Gasteiger partial charge in [-0.3, -0.25) is 0 Å². The van der Waals surface area contributed by atoms with Gasteiger partial charge in [-0.15, -0.1) is 0 Å². The van der Waals surface area contributed by atoms with E-state index >= 15 is 0 Å². The first kappa shape index (κ1) is 59.6. The summed E-state index contributed by atoms with van der Waals surface area (Å²) < 4.78 is 134. The lowest BCUT2D eigenvalue weighted by molar-refractivity contribution is 0.590. The molecule has 0 amide bonds. The normalized spacial score (nSPS) is 14.2. The van der Waals surface area contributed by atoms with Crippen molar-refractivity contribution in [3.05, 3.63) is 405 Å². The SMILES string of the molecule is [2H]c1c([2H])c([2H])c2c(c1[2H])c1c([2H])c(-c3ccccc3)cc([2H])c1n2-c1ccc2c(c1)N(c1c(-c3ccccc3)cc(C(C)(C)C)cc1-c1ccccc1)c1cc(C(C)(C)C)cc3c1B2c1ccc(-n2c4c([2H])c([2H])c([2H])c([2H])c4c4c([2H])c(-c5ccccc5)c([2H])c([2H])c42)cc1N3c1c(-c2cccc(-c3ccccc3)c2)cc(C(C)(C)C)cc1-c1cccc(-c2ccccc2)c1. The molecule has 2 aromatic heterocycles. The molecule has 570 valence electrons. The highest BCUT2D eigenvalue weighted by Crippen LogP contribution is 2.57. The maximum Gasteiger partial charge on any atom is 0.252 e. The summed E-state index contributed by atoms with van der Waals surface area (Å²) >= 11 is 0. The number of para-hydroxylation sites is 2. The lowest BCUT2D eigenvalue weighted by Crippen LogP contribution is -2.61. The van der Waals surface area contributed by atoms with Gasteiger partial charge in [-0.25, -0.2) is 0 Å². The Bertz CT molecular complexity index is 7870. The van der Waals surface area contributed by atoms with Crippen LogP contribution >= 0.6 is 0 Å². The monoisotopic (exact) mass is 1540 g/mol. The molecule has 17 aromatic carbocycles. The van der Waals surface area contributed by atoms with Crippen LogP contribution in [-0.4, -0.2) is 15.8 Å². The Labute approximate surface area is 717 Å². The molecule has 4 nitrogen and oxygen atoms in total. The van der Waals surface area contributed by atoms with E-state index in [-0.39, 0.29) is 91.5 Å². The number of hydrogen-bond donors (Lipinski definition) is 0. The van der Waals surface area contributed by atoms with Crippen LogP contribution < -0.4 is 26.2 Å². The van der Waals surface area contributed by atoms with Crippen LogP contribution in [0.2, 0.25) is 0 Å². The van der Waals surface area contributed by atoms with Crippen molar-refractivity contribution in [2.45, 2.75) is 78.6 Å². The lowest BCUT2D eigenvalue weighted by atomic mass is 9.33. The van der Waals surface area contributed by atoms with Crippen LogP contribution in [0.1, 0.15) is 96.8 Å². The molecule has 5 heteroatoms. The Morgan fingerprint density at radius 1 is 0.244 bits per heavy atom. The van der Waals surface area contributed by atoms with Crippen LogP contribution in [0.25, 0.3) is 144 Å². The Kier molecular flexibility index (Phi) is 14.2. The van der Waals surface area contributed by atoms with E-state index in [2.05, 4.69) is 278 Å². The molecule has 0 aliphatic carbocycles. The highest BCUT2D eigenvalue weighted by Gasteiger charge is 2.47. The van der Waals surface area contributed by atoms with Crippen molar-refractivity contribution in [2.75, 3.05) is 9.80 Å². The van der Waals surface area contributed by atoms with E-state index in [4.69, 9.17) is 0 Å². The minimum Gasteiger partial charge on any atom is -0.310 e. The van der Waals surface area contributed by atoms with Gasteiger partial charge in [0.15, 0.2) is 0 Å². The molecule has 2 aliphatic heterocycles. The molecule has 0 N–H and O–H groups in total. The van der Waals surface area contributed by atoms with Crippen molar-refractivity contribution in [2.24, 2.45) is 0 Å². The van der Waals surface area contributed by atoms with Crippen molar-refractivity contribution >= 4 is 101 Å². The van der Waals surface area contributed by atoms with Crippen LogP contribution in [0.4, 0.5) is 34.1 Å². The van der Waals surface area contributed by atoms with Gasteiger partial charge in [0.25, 0.3) is 6.71 Å². The first-order valence-corrected chi connectivity index (χ1v) is 40.9. The molecular formula is C114H91BN4. The van der Waals surface area contributed by atoms with Gasteiger partial charge < -0.3 is 18.9 Å². The van der Waals surface area contributed by atoms with Crippen molar-refractivity contribution in [1.29, 1.82) is 0 Å². The van der Waals surface area contributed by atoms with Crippen molar-refractivity contribution in [3.63, 3.8) is 0 Å². The summed E-state index contributed by atoms with van der Waals surface area (Å²) in [6.07, 6.45) is 0. The molecule has 0 radical (unpaired) electrons. The van der Waals surface area contributed by atoms with E-state index in [9.17, 15) is 17.8 Å². The van der Waals surface area contributed by atoms with E-state index in [0.717, 1.165) is 123 Å². The summed E-state index contributed by atoms with van der Waals surface area (Å²) in [5.74, 6) is 0. The van der Waals surface area contributed by atoms with E-state index in [0.29, 0.717) is 39.4 Å². The molecule has 0 saturated carbocycles. The smallest absolute Gasteiger partial charge is 0.252 e. The second-order valence-corrected chi connectivity index (χ2v) is 34.6. The van der Waals surface area contributed by atoms with Crippen molar-refractivity contribution in [1.82, 2.24) is 9.13 Å². The average molecular weight is 1540 g/mol. The summed E-state index contributed by atoms with van der Waals surface area (Å²) in [7, 11) is 0. The second kappa shape index (κ2) is 28.4. The zero-order valence-electron chi connectivity index (χ0n) is 80.8. The van der Waals surface area contributed by atoms with Crippen LogP contribution in [0.15, 0.2) is 388 Å². The molecule has 0 unspecified atom stereocenters. The third kappa shape index (κ3) is 12.5. The maximum atomic E-state index is 10.5. The summed E-state index contributed by atoms with van der Waals surface area (Å²) in [5, 5.41) is 0.445. The summed E-state index contributed by atoms with van der Waals surface area (Å²) in [4.78, 5) is 4.87. The van der Waals surface area contributed by atoms with Gasteiger partial charge in [0.1, 0.15) is 0 Å². The average Bonchev–Trinajstić information content (AvgIpc) is 1.13. The van der Waals surface area contributed by atoms with E-state index in [1.807, 2.05) is 84.9 Å². The molecule has 2 aliphatic rings. The second-order valence-electron chi connectivity index (χ2n) is 34.6. The standard InChI is InChI=1S/C114H91BN4/c1-112(2,3)86-66-93(78-42-24-14-25-43-78)110(94(67-86)79-44-26-15-27-45-79)118-105-72-89(116-101-52-30-28-50-91(101)97-64-82(54-60-103(97)116)76-38-20-12-21-39-76)56-58-99(105)115-100-59-57-90(117-102-53-31-29-51-92(102)98-65-83(55-61-104(98)117)77-40-22-13-23-41-77)73-106(100)119(108-71-88(114(7,8)9)70-107(118)109(108)115)111-95(84-48-32-46-80(62-84)74-34-16-10-17-35-74)68-87(113(4,5)6)69-96(111)85-49-33-47-81(63-85)75-36-18-11-19-37-75/h10-73H,1-9H3/i28D,29D,30D,31D,50D,51D,52D,53D,55D,60D,61D,64D,65D. The summed E-state index contributed by atoms with van der Waals surface area (Å²) in [6.45, 7) is 19.4. The van der Waals surface area contributed by atoms with Gasteiger partial charge in [0, 0.05) is 77.9 Å². The van der Waals surface area contributed by atoms with Gasteiger partial charge in [0.05, 0.1) is 51.3 Å². The van der Waals surface area contributed by atoms with Crippen molar-refractivity contribution < 1.29 is 17.8 Å². The fourth-order valence-electron chi connectivity index (χ4n) is 18.0. The molecule has 0 fully saturated rings. The Morgan fingerprint density at radius 3 is 0.983 bits per heavy atom. The maximum absolute atomic E-state index is 10.5. The third-order valence-corrected chi connectivity index (χ3v) is 24.1. The predicted molar refractivity (Wildman–Crippen MR) is 509 cm³/mol. The van der Waals surface area contributed by atoms with E-state index < -0.39 is 59.2 Å². The predicted octanol–water partition coefficient (Wildman–Crippen LogP) is 29.2. The molecule has 0 spiro atoms. The first-order chi connectivity index (χ1) is 63.4. The molecule has 4 heterocycles. The molecular weight excluding hydrogens is 1440 g/mol. The largest absolute Gasteiger partial charge is 0.310 e. The number of nitrogens with zero attached hydrogens (tertiary/aromatic N) is 4. The first-order valence-electron chi connectivity index (χ1n) is 47.4. The zero-order chi connectivity index (χ0) is 91.9. The molecule has 21 rings (SSSR count). The van der Waals surface area contributed by atoms with Crippen LogP contribution in [-0.2, 0) is 16.2 Å². The van der Waals surface area contributed by atoms with Crippen molar-refractivity contribution in [3.8, 4) is 100 Å². The minimum absolute atomic E-state index is 0.00125. The fraction of sp³-hybridized carbons (Fsp3) is 0.105. The number of fused-ring (bicyclic) bond motifs is 10. The van der Waals surface area contributed by atoms with E-state index in [1.54, 1.807) is 27.3 Å². The van der Waals surface area contributed by atoms with Gasteiger partial charge in [-0.2, -0.15) is 0 Å². The van der Waals surface area contributed by atoms with Gasteiger partial charge in [-0.05, 0) is 225 Å². The topological polar surface area (TPSA) is 16.3 Å². The highest BCUT2D eigenvalue weighted by atomic mass is 15.2. The molecule has 0 bridgehead atoms. The number of anilines is 6. The number of aromatic nitrogens is 2. The number of benzene rings is 17. The van der Waals surface area contributed by atoms with Gasteiger partial charge in [0.2, 0.25) is 0 Å². The number of rotatable bonds is 12. The van der Waals surface area contributed by atoms with Crippen LogP contribution in [0.3, 0.4) is 0 Å². The molecule has 0 saturated heterocycles. The minimum atomic E-state index is -0.742. The Morgan fingerprint density at radius 2 is 0.571 bits per heavy atom. The van der Waals surface area contributed by atoms with Crippen LogP contribution in [0, 0.1) is 0 Å². The van der Waals surface area contributed by atoms with Gasteiger partial charge in [-0.1, -0.05) is 341 Å². The Balaban J connectivity index is 0.976. The summed E-state index contributed by atoms with van der Waals surface area (Å²) in [6, 6.07) is 102. The third-order valence-electron chi connectivity index (χ3n) is 24.1. The molecule has 19 aromatic rings. The van der Waals surface area contributed by atoms with E-state index in [1.165, 1.54) is 0 Å².